The van der Waals surface area contributed by atoms with Gasteiger partial charge in [0.15, 0.2) is 12.6 Å². The highest BCUT2D eigenvalue weighted by molar-refractivity contribution is 5.28. The molecule has 0 spiro atoms. The summed E-state index contributed by atoms with van der Waals surface area (Å²) in [5.41, 5.74) is -0.0797. The lowest BCUT2D eigenvalue weighted by Crippen LogP contribution is -2.62. The second-order valence-corrected chi connectivity index (χ2v) is 15.6. The SMILES string of the molecule is COC1C(O)C(C)OC(OC2CCC3(C)C(=CCC4C3CCC3(C)C(C(C)OC5OC(CO)C(O)C(O)C5O)CCC43O)C2)C1O. The maximum Gasteiger partial charge on any atom is 0.186 e. The van der Waals surface area contributed by atoms with E-state index in [4.69, 9.17) is 23.7 Å². The Labute approximate surface area is 271 Å². The molecule has 6 rings (SSSR count). The van der Waals surface area contributed by atoms with Gasteiger partial charge in [0, 0.05) is 12.5 Å². The number of aliphatic hydroxyl groups is 7. The van der Waals surface area contributed by atoms with Crippen LogP contribution >= 0.6 is 0 Å². The predicted octanol–water partition coefficient (Wildman–Crippen LogP) is 0.752. The van der Waals surface area contributed by atoms with Gasteiger partial charge in [0.25, 0.3) is 0 Å². The van der Waals surface area contributed by atoms with Crippen LogP contribution in [-0.4, -0.2) is 129 Å². The lowest BCUT2D eigenvalue weighted by molar-refractivity contribution is -0.317. The van der Waals surface area contributed by atoms with E-state index in [2.05, 4.69) is 19.9 Å². The van der Waals surface area contributed by atoms with E-state index in [9.17, 15) is 35.7 Å². The molecule has 18 unspecified atom stereocenters. The Morgan fingerprint density at radius 2 is 1.63 bits per heavy atom. The first-order valence-corrected chi connectivity index (χ1v) is 17.3. The van der Waals surface area contributed by atoms with Crippen LogP contribution in [0.25, 0.3) is 0 Å². The van der Waals surface area contributed by atoms with E-state index in [1.165, 1.54) is 12.7 Å². The molecule has 2 heterocycles. The van der Waals surface area contributed by atoms with E-state index in [1.807, 2.05) is 6.92 Å². The van der Waals surface area contributed by atoms with Crippen LogP contribution in [-0.2, 0) is 23.7 Å². The molecule has 6 aliphatic rings. The molecule has 46 heavy (non-hydrogen) atoms. The molecule has 7 N–H and O–H groups in total. The number of methoxy groups -OCH3 is 1. The van der Waals surface area contributed by atoms with Crippen LogP contribution in [0.1, 0.15) is 79.1 Å². The van der Waals surface area contributed by atoms with Crippen molar-refractivity contribution in [3.63, 3.8) is 0 Å². The minimum atomic E-state index is -1.50. The van der Waals surface area contributed by atoms with E-state index in [-0.39, 0.29) is 23.4 Å². The summed E-state index contributed by atoms with van der Waals surface area (Å²) in [7, 11) is 1.46. The van der Waals surface area contributed by atoms with E-state index in [0.717, 1.165) is 44.9 Å². The Bertz CT molecular complexity index is 1120. The van der Waals surface area contributed by atoms with E-state index in [1.54, 1.807) is 6.92 Å². The Kier molecular flexibility index (Phi) is 9.81. The number of ether oxygens (including phenoxy) is 5. The van der Waals surface area contributed by atoms with E-state index >= 15 is 0 Å². The van der Waals surface area contributed by atoms with Crippen LogP contribution in [0.4, 0.5) is 0 Å². The minimum Gasteiger partial charge on any atom is -0.394 e. The molecule has 18 atom stereocenters. The third-order valence-corrected chi connectivity index (χ3v) is 13.5. The summed E-state index contributed by atoms with van der Waals surface area (Å²) in [5.74, 6) is 0.360. The standard InChI is InChI=1S/C34H56O12/c1-16(43-30-27(39)26(38)25(37)23(15-35)46-30)20-10-13-34(41)22-7-6-18-14-19(8-11-32(18,3)21(22)9-12-33(20,34)4)45-31-28(40)29(42-5)24(36)17(2)44-31/h6,16-17,19-31,35-41H,7-15H2,1-5H3. The monoisotopic (exact) mass is 656 g/mol. The fraction of sp³-hybridized carbons (Fsp3) is 0.941. The highest BCUT2D eigenvalue weighted by atomic mass is 16.7. The fourth-order valence-electron chi connectivity index (χ4n) is 10.6. The number of rotatable bonds is 7. The number of hydrogen-bond acceptors (Lipinski definition) is 12. The van der Waals surface area contributed by atoms with Gasteiger partial charge in [-0.1, -0.05) is 25.5 Å². The lowest BCUT2D eigenvalue weighted by Gasteiger charge is -2.61. The Balaban J connectivity index is 1.14. The summed E-state index contributed by atoms with van der Waals surface area (Å²) < 4.78 is 29.4. The number of fused-ring (bicyclic) bond motifs is 5. The molecule has 0 aromatic rings. The molecule has 0 amide bonds. The minimum absolute atomic E-state index is 0.0214. The molecule has 264 valence electrons. The van der Waals surface area contributed by atoms with Crippen LogP contribution in [0, 0.1) is 28.6 Å². The van der Waals surface area contributed by atoms with Gasteiger partial charge in [-0.05, 0) is 88.4 Å². The van der Waals surface area contributed by atoms with Gasteiger partial charge in [0.05, 0.1) is 30.5 Å². The summed E-state index contributed by atoms with van der Waals surface area (Å²) in [6.07, 6.45) is -2.76. The summed E-state index contributed by atoms with van der Waals surface area (Å²) in [5, 5.41) is 74.4. The molecule has 12 nitrogen and oxygen atoms in total. The van der Waals surface area contributed by atoms with Gasteiger partial charge < -0.3 is 59.4 Å². The van der Waals surface area contributed by atoms with Crippen molar-refractivity contribution < 1.29 is 59.4 Å². The molecular formula is C34H56O12. The highest BCUT2D eigenvalue weighted by Crippen LogP contribution is 2.68. The second kappa shape index (κ2) is 12.9. The van der Waals surface area contributed by atoms with Crippen molar-refractivity contribution in [2.75, 3.05) is 13.7 Å². The fourth-order valence-corrected chi connectivity index (χ4v) is 10.6. The van der Waals surface area contributed by atoms with E-state index < -0.39 is 85.1 Å². The van der Waals surface area contributed by atoms with Crippen LogP contribution in [0.5, 0.6) is 0 Å². The van der Waals surface area contributed by atoms with Gasteiger partial charge >= 0.3 is 0 Å². The normalized spacial score (nSPS) is 54.7. The number of hydrogen-bond donors (Lipinski definition) is 7. The molecule has 0 bridgehead atoms. The van der Waals surface area contributed by atoms with Crippen LogP contribution < -0.4 is 0 Å². The first kappa shape index (κ1) is 35.1. The molecule has 12 heteroatoms. The van der Waals surface area contributed by atoms with Gasteiger partial charge in [-0.25, -0.2) is 0 Å². The Morgan fingerprint density at radius 3 is 2.33 bits per heavy atom. The van der Waals surface area contributed by atoms with Crippen LogP contribution in [0.2, 0.25) is 0 Å². The van der Waals surface area contributed by atoms with Gasteiger partial charge in [-0.3, -0.25) is 0 Å². The zero-order valence-electron chi connectivity index (χ0n) is 27.8. The summed E-state index contributed by atoms with van der Waals surface area (Å²) in [6, 6.07) is 0. The highest BCUT2D eigenvalue weighted by Gasteiger charge is 2.67. The van der Waals surface area contributed by atoms with Crippen molar-refractivity contribution in [1.82, 2.24) is 0 Å². The molecule has 2 saturated heterocycles. The molecule has 0 aromatic carbocycles. The molecule has 4 aliphatic carbocycles. The second-order valence-electron chi connectivity index (χ2n) is 15.6. The van der Waals surface area contributed by atoms with Gasteiger partial charge in [-0.15, -0.1) is 0 Å². The van der Waals surface area contributed by atoms with Crippen molar-refractivity contribution in [1.29, 1.82) is 0 Å². The van der Waals surface area contributed by atoms with Gasteiger partial charge in [0.1, 0.15) is 42.7 Å². The van der Waals surface area contributed by atoms with Crippen molar-refractivity contribution in [3.8, 4) is 0 Å². The number of allylic oxidation sites excluding steroid dienone is 1. The molecule has 0 aromatic heterocycles. The third kappa shape index (κ3) is 5.43. The van der Waals surface area contributed by atoms with E-state index in [0.29, 0.717) is 12.3 Å². The molecule has 2 aliphatic heterocycles. The molecule has 3 saturated carbocycles. The van der Waals surface area contributed by atoms with Crippen molar-refractivity contribution in [2.24, 2.45) is 28.6 Å². The third-order valence-electron chi connectivity index (χ3n) is 13.5. The predicted molar refractivity (Wildman–Crippen MR) is 163 cm³/mol. The van der Waals surface area contributed by atoms with Crippen LogP contribution in [0.15, 0.2) is 11.6 Å². The average molecular weight is 657 g/mol. The Hall–Kier alpha value is -0.740. The van der Waals surface area contributed by atoms with Gasteiger partial charge in [-0.2, -0.15) is 0 Å². The quantitative estimate of drug-likeness (QED) is 0.191. The zero-order chi connectivity index (χ0) is 33.3. The topological polar surface area (TPSA) is 188 Å². The maximum absolute atomic E-state index is 12.6. The largest absolute Gasteiger partial charge is 0.394 e. The first-order valence-electron chi connectivity index (χ1n) is 17.3. The summed E-state index contributed by atoms with van der Waals surface area (Å²) >= 11 is 0. The summed E-state index contributed by atoms with van der Waals surface area (Å²) in [4.78, 5) is 0. The van der Waals surface area contributed by atoms with Crippen molar-refractivity contribution in [2.45, 2.75) is 158 Å². The lowest BCUT2D eigenvalue weighted by atomic mass is 9.45. The van der Waals surface area contributed by atoms with Crippen molar-refractivity contribution >= 4 is 0 Å². The zero-order valence-corrected chi connectivity index (χ0v) is 27.8. The molecule has 5 fully saturated rings. The first-order chi connectivity index (χ1) is 21.7. The van der Waals surface area contributed by atoms with Crippen LogP contribution in [0.3, 0.4) is 0 Å². The maximum atomic E-state index is 12.6. The van der Waals surface area contributed by atoms with Gasteiger partial charge in [0.2, 0.25) is 0 Å². The Morgan fingerprint density at radius 1 is 0.891 bits per heavy atom. The summed E-state index contributed by atoms with van der Waals surface area (Å²) in [6.45, 7) is 7.65. The molecule has 0 radical (unpaired) electrons. The average Bonchev–Trinajstić information content (AvgIpc) is 3.31. The van der Waals surface area contributed by atoms with Crippen molar-refractivity contribution in [3.05, 3.63) is 11.6 Å². The smallest absolute Gasteiger partial charge is 0.186 e. The molecular weight excluding hydrogens is 600 g/mol. The number of aliphatic hydroxyl groups excluding tert-OH is 6.